The second-order valence-corrected chi connectivity index (χ2v) is 11.8. The van der Waals surface area contributed by atoms with Gasteiger partial charge in [0.15, 0.2) is 0 Å². The van der Waals surface area contributed by atoms with Crippen LogP contribution in [0.4, 0.5) is 21.0 Å². The average Bonchev–Trinajstić information content (AvgIpc) is 2.87. The van der Waals surface area contributed by atoms with Crippen molar-refractivity contribution in [1.29, 1.82) is 0 Å². The molecular weight excluding hydrogens is 472 g/mol. The Balaban J connectivity index is 1.05. The summed E-state index contributed by atoms with van der Waals surface area (Å²) in [6.45, 7) is 0. The minimum absolute atomic E-state index is 0.169. The number of nitrogens with one attached hydrogen (secondary N) is 4. The Morgan fingerprint density at radius 1 is 0.579 bits per heavy atom. The minimum atomic E-state index is -0.290. The van der Waals surface area contributed by atoms with Gasteiger partial charge >= 0.3 is 12.1 Å². The number of benzene rings is 4. The molecule has 38 heavy (non-hydrogen) atoms. The van der Waals surface area contributed by atoms with Crippen LogP contribution in [0.15, 0.2) is 84.9 Å². The summed E-state index contributed by atoms with van der Waals surface area (Å²) in [5.74, 6) is 1.02. The quantitative estimate of drug-likeness (QED) is 0.241. The number of rotatable bonds is 4. The number of urea groups is 2. The summed E-state index contributed by atoms with van der Waals surface area (Å²) in [5, 5.41) is 17.3. The smallest absolute Gasteiger partial charge is 0.319 e. The number of amides is 4. The number of carbonyl (C=O) groups is 2. The molecule has 4 aromatic carbocycles. The van der Waals surface area contributed by atoms with Gasteiger partial charge in [0, 0.05) is 22.5 Å². The van der Waals surface area contributed by atoms with Crippen molar-refractivity contribution in [2.75, 3.05) is 10.6 Å². The average molecular weight is 505 g/mol. The third-order valence-electron chi connectivity index (χ3n) is 8.83. The van der Waals surface area contributed by atoms with E-state index in [1.165, 1.54) is 6.42 Å². The lowest BCUT2D eigenvalue weighted by atomic mass is 9.50. The maximum Gasteiger partial charge on any atom is 0.319 e. The molecule has 0 heterocycles. The van der Waals surface area contributed by atoms with Crippen LogP contribution in [0.1, 0.15) is 38.5 Å². The first-order valence-corrected chi connectivity index (χ1v) is 13.6. The highest BCUT2D eigenvalue weighted by Gasteiger charge is 2.58. The topological polar surface area (TPSA) is 82.3 Å². The van der Waals surface area contributed by atoms with Gasteiger partial charge in [-0.1, -0.05) is 60.7 Å². The number of carbonyl (C=O) groups excluding carboxylic acids is 2. The summed E-state index contributed by atoms with van der Waals surface area (Å²) < 4.78 is 0. The Morgan fingerprint density at radius 3 is 1.45 bits per heavy atom. The fraction of sp³-hybridized carbons (Fsp3) is 0.312. The molecule has 4 fully saturated rings. The molecule has 6 nitrogen and oxygen atoms in total. The standard InChI is InChI=1S/C32H32N4O2/c37-29(33-27-11-9-23-5-1-3-7-25(23)14-27)35-31-16-21-13-22(17-31)19-32(18-21,20-31)36-30(38)34-28-12-10-24-6-2-4-8-26(24)15-28/h1-12,14-15,21-22H,13,16-20H2,(H2,33,35,37)(H2,34,36,38). The summed E-state index contributed by atoms with van der Waals surface area (Å²) in [7, 11) is 0. The molecule has 0 aromatic heterocycles. The lowest BCUT2D eigenvalue weighted by Gasteiger charge is -2.62. The molecule has 4 saturated carbocycles. The Labute approximate surface area is 222 Å². The molecule has 4 aliphatic carbocycles. The van der Waals surface area contributed by atoms with E-state index in [0.717, 1.165) is 65.0 Å². The van der Waals surface area contributed by atoms with Gasteiger partial charge in [-0.05, 0) is 96.2 Å². The van der Waals surface area contributed by atoms with E-state index < -0.39 is 0 Å². The maximum absolute atomic E-state index is 13.2. The van der Waals surface area contributed by atoms with Crippen LogP contribution < -0.4 is 21.3 Å². The van der Waals surface area contributed by atoms with E-state index in [1.54, 1.807) is 0 Å². The van der Waals surface area contributed by atoms with Gasteiger partial charge in [0.05, 0.1) is 0 Å². The van der Waals surface area contributed by atoms with Gasteiger partial charge in [-0.2, -0.15) is 0 Å². The maximum atomic E-state index is 13.2. The van der Waals surface area contributed by atoms with Crippen molar-refractivity contribution in [3.8, 4) is 0 Å². The van der Waals surface area contributed by atoms with Gasteiger partial charge in [0.2, 0.25) is 0 Å². The molecule has 4 aromatic rings. The third-order valence-corrected chi connectivity index (χ3v) is 8.83. The summed E-state index contributed by atoms with van der Waals surface area (Å²) in [5.41, 5.74) is 0.990. The highest BCUT2D eigenvalue weighted by Crippen LogP contribution is 2.57. The zero-order valence-electron chi connectivity index (χ0n) is 21.3. The second kappa shape index (κ2) is 8.76. The molecule has 8 rings (SSSR count). The number of anilines is 2. The summed E-state index contributed by atoms with van der Waals surface area (Å²) in [6.07, 6.45) is 5.86. The first kappa shape index (κ1) is 23.1. The van der Waals surface area contributed by atoms with Crippen molar-refractivity contribution >= 4 is 45.0 Å². The predicted octanol–water partition coefficient (Wildman–Crippen LogP) is 7.03. The van der Waals surface area contributed by atoms with Crippen molar-refractivity contribution in [2.45, 2.75) is 49.6 Å². The highest BCUT2D eigenvalue weighted by molar-refractivity contribution is 5.95. The molecule has 0 aliphatic heterocycles. The molecule has 6 heteroatoms. The number of hydrogen-bond donors (Lipinski definition) is 4. The van der Waals surface area contributed by atoms with Crippen molar-refractivity contribution in [3.63, 3.8) is 0 Å². The predicted molar refractivity (Wildman–Crippen MR) is 152 cm³/mol. The van der Waals surface area contributed by atoms with Crippen molar-refractivity contribution in [1.82, 2.24) is 10.6 Å². The van der Waals surface area contributed by atoms with Crippen LogP contribution >= 0.6 is 0 Å². The molecule has 0 unspecified atom stereocenters. The molecule has 0 spiro atoms. The third kappa shape index (κ3) is 4.34. The lowest BCUT2D eigenvalue weighted by molar-refractivity contribution is -0.0400. The van der Waals surface area contributed by atoms with E-state index in [1.807, 2.05) is 60.7 Å². The normalized spacial score (nSPS) is 27.3. The van der Waals surface area contributed by atoms with Gasteiger partial charge in [-0.25, -0.2) is 9.59 Å². The largest absolute Gasteiger partial charge is 0.332 e. The van der Waals surface area contributed by atoms with E-state index in [0.29, 0.717) is 11.8 Å². The zero-order valence-corrected chi connectivity index (χ0v) is 21.3. The van der Waals surface area contributed by atoms with Crippen LogP contribution in [-0.4, -0.2) is 23.1 Å². The van der Waals surface area contributed by atoms with E-state index in [2.05, 4.69) is 45.5 Å². The molecule has 4 N–H and O–H groups in total. The molecule has 192 valence electrons. The van der Waals surface area contributed by atoms with Crippen LogP contribution in [0.2, 0.25) is 0 Å². The highest BCUT2D eigenvalue weighted by atomic mass is 16.2. The molecule has 0 saturated heterocycles. The molecule has 0 atom stereocenters. The van der Waals surface area contributed by atoms with Gasteiger partial charge in [0.25, 0.3) is 0 Å². The van der Waals surface area contributed by atoms with Crippen LogP contribution in [0.25, 0.3) is 21.5 Å². The zero-order chi connectivity index (χ0) is 25.7. The summed E-state index contributed by atoms with van der Waals surface area (Å²) >= 11 is 0. The van der Waals surface area contributed by atoms with Gasteiger partial charge in [-0.15, -0.1) is 0 Å². The first-order chi connectivity index (χ1) is 18.4. The number of hydrogen-bond acceptors (Lipinski definition) is 2. The van der Waals surface area contributed by atoms with Crippen LogP contribution in [0, 0.1) is 11.8 Å². The van der Waals surface area contributed by atoms with E-state index in [9.17, 15) is 9.59 Å². The van der Waals surface area contributed by atoms with Crippen LogP contribution in [0.5, 0.6) is 0 Å². The minimum Gasteiger partial charge on any atom is -0.332 e. The van der Waals surface area contributed by atoms with E-state index in [-0.39, 0.29) is 23.1 Å². The van der Waals surface area contributed by atoms with E-state index >= 15 is 0 Å². The van der Waals surface area contributed by atoms with Gasteiger partial charge in [0.1, 0.15) is 0 Å². The monoisotopic (exact) mass is 504 g/mol. The molecule has 4 aliphatic rings. The van der Waals surface area contributed by atoms with E-state index in [4.69, 9.17) is 0 Å². The van der Waals surface area contributed by atoms with Crippen molar-refractivity contribution in [2.24, 2.45) is 11.8 Å². The van der Waals surface area contributed by atoms with Gasteiger partial charge < -0.3 is 21.3 Å². The van der Waals surface area contributed by atoms with Crippen LogP contribution in [-0.2, 0) is 0 Å². The molecule has 0 radical (unpaired) electrons. The van der Waals surface area contributed by atoms with Gasteiger partial charge in [-0.3, -0.25) is 0 Å². The summed E-state index contributed by atoms with van der Waals surface area (Å²) in [4.78, 5) is 26.4. The summed E-state index contributed by atoms with van der Waals surface area (Å²) in [6, 6.07) is 27.9. The van der Waals surface area contributed by atoms with Crippen molar-refractivity contribution in [3.05, 3.63) is 84.9 Å². The Kier molecular flexibility index (Phi) is 5.32. The second-order valence-electron chi connectivity index (χ2n) is 11.8. The lowest BCUT2D eigenvalue weighted by Crippen LogP contribution is -2.70. The molecule has 4 amide bonds. The fourth-order valence-electron chi connectivity index (χ4n) is 7.90. The Hall–Kier alpha value is -4.06. The first-order valence-electron chi connectivity index (χ1n) is 13.6. The number of fused-ring (bicyclic) bond motifs is 2. The molecule has 4 bridgehead atoms. The Morgan fingerprint density at radius 2 is 1.00 bits per heavy atom. The SMILES string of the molecule is O=C(Nc1ccc2ccccc2c1)NC12CC3CC(C1)CC(NC(=O)Nc1ccc4ccccc4c1)(C3)C2. The van der Waals surface area contributed by atoms with Crippen molar-refractivity contribution < 1.29 is 9.59 Å². The fourth-order valence-corrected chi connectivity index (χ4v) is 7.90. The Bertz CT molecular complexity index is 1440. The van der Waals surface area contributed by atoms with Crippen LogP contribution in [0.3, 0.4) is 0 Å². The molecular formula is C32H32N4O2.